The van der Waals surface area contributed by atoms with Crippen LogP contribution in [0.3, 0.4) is 0 Å². The van der Waals surface area contributed by atoms with Crippen LogP contribution in [0.4, 0.5) is 5.69 Å². The molecule has 0 atom stereocenters. The zero-order valence-electron chi connectivity index (χ0n) is 15.5. The lowest BCUT2D eigenvalue weighted by Gasteiger charge is -2.32. The molecule has 0 aliphatic carbocycles. The molecule has 2 amide bonds. The van der Waals surface area contributed by atoms with Crippen LogP contribution in [0, 0.1) is 5.92 Å². The first kappa shape index (κ1) is 19.0. The van der Waals surface area contributed by atoms with Crippen molar-refractivity contribution < 1.29 is 9.59 Å². The third-order valence-electron chi connectivity index (χ3n) is 4.94. The lowest BCUT2D eigenvalue weighted by Crippen LogP contribution is -2.41. The summed E-state index contributed by atoms with van der Waals surface area (Å²) in [6.07, 6.45) is 3.20. The summed E-state index contributed by atoms with van der Waals surface area (Å²) in [5, 5.41) is 0. The first-order valence-corrected chi connectivity index (χ1v) is 9.09. The van der Waals surface area contributed by atoms with Crippen LogP contribution in [0.2, 0.25) is 0 Å². The predicted molar refractivity (Wildman–Crippen MR) is 104 cm³/mol. The number of piperidine rings is 1. The van der Waals surface area contributed by atoms with Gasteiger partial charge in [0.1, 0.15) is 0 Å². The van der Waals surface area contributed by atoms with E-state index in [-0.39, 0.29) is 11.8 Å². The number of likely N-dealkylation sites (tertiary alicyclic amines) is 1. The van der Waals surface area contributed by atoms with E-state index < -0.39 is 5.91 Å². The highest BCUT2D eigenvalue weighted by molar-refractivity contribution is 5.95. The van der Waals surface area contributed by atoms with Crippen LogP contribution < -0.4 is 16.2 Å². The van der Waals surface area contributed by atoms with E-state index in [2.05, 4.69) is 22.4 Å². The van der Waals surface area contributed by atoms with E-state index in [9.17, 15) is 9.59 Å². The number of nitrogens with two attached hydrogens (primary N) is 1. The van der Waals surface area contributed by atoms with Crippen molar-refractivity contribution in [1.29, 1.82) is 0 Å². The third-order valence-corrected chi connectivity index (χ3v) is 4.94. The van der Waals surface area contributed by atoms with E-state index in [0.717, 1.165) is 31.6 Å². The number of benzene rings is 1. The van der Waals surface area contributed by atoms with Gasteiger partial charge in [0, 0.05) is 17.8 Å². The van der Waals surface area contributed by atoms with Gasteiger partial charge in [-0.05, 0) is 57.2 Å². The van der Waals surface area contributed by atoms with E-state index >= 15 is 0 Å². The summed E-state index contributed by atoms with van der Waals surface area (Å²) >= 11 is 0. The van der Waals surface area contributed by atoms with Gasteiger partial charge in [0.2, 0.25) is 5.91 Å². The van der Waals surface area contributed by atoms with Gasteiger partial charge in [-0.2, -0.15) is 0 Å². The monoisotopic (exact) mass is 367 g/mol. The van der Waals surface area contributed by atoms with Gasteiger partial charge in [-0.3, -0.25) is 20.0 Å². The van der Waals surface area contributed by atoms with Crippen molar-refractivity contribution in [3.8, 4) is 0 Å². The van der Waals surface area contributed by atoms with E-state index in [1.807, 2.05) is 30.3 Å². The average Bonchev–Trinajstić information content (AvgIpc) is 2.72. The molecule has 1 aliphatic heterocycles. The number of amides is 2. The number of nitrogens with one attached hydrogen (secondary N) is 1. The van der Waals surface area contributed by atoms with Crippen molar-refractivity contribution in [3.05, 3.63) is 59.9 Å². The van der Waals surface area contributed by atoms with E-state index in [1.54, 1.807) is 17.0 Å². The molecule has 2 heterocycles. The SMILES string of the molecule is CN1CCC(C(=O)N(Cc2ccc(C(=O)NN)cn2)c2ccccc2)CC1. The smallest absolute Gasteiger partial charge is 0.266 e. The molecular weight excluding hydrogens is 342 g/mol. The molecule has 0 spiro atoms. The molecule has 142 valence electrons. The Balaban J connectivity index is 1.80. The molecular formula is C20H25N5O2. The Kier molecular flexibility index (Phi) is 6.16. The van der Waals surface area contributed by atoms with Crippen molar-refractivity contribution in [3.63, 3.8) is 0 Å². The summed E-state index contributed by atoms with van der Waals surface area (Å²) in [7, 11) is 2.08. The topological polar surface area (TPSA) is 91.6 Å². The highest BCUT2D eigenvalue weighted by Crippen LogP contribution is 2.24. The molecule has 1 saturated heterocycles. The van der Waals surface area contributed by atoms with Gasteiger partial charge in [-0.15, -0.1) is 0 Å². The quantitative estimate of drug-likeness (QED) is 0.475. The number of aromatic nitrogens is 1. The second-order valence-corrected chi connectivity index (χ2v) is 6.85. The molecule has 0 radical (unpaired) electrons. The van der Waals surface area contributed by atoms with Gasteiger partial charge in [0.15, 0.2) is 0 Å². The first-order chi connectivity index (χ1) is 13.1. The van der Waals surface area contributed by atoms with Crippen LogP contribution in [-0.2, 0) is 11.3 Å². The maximum Gasteiger partial charge on any atom is 0.266 e. The molecule has 2 aromatic rings. The number of hydrogen-bond donors (Lipinski definition) is 2. The Morgan fingerprint density at radius 2 is 1.89 bits per heavy atom. The van der Waals surface area contributed by atoms with E-state index in [4.69, 9.17) is 5.84 Å². The second-order valence-electron chi connectivity index (χ2n) is 6.85. The fraction of sp³-hybridized carbons (Fsp3) is 0.350. The number of pyridine rings is 1. The summed E-state index contributed by atoms with van der Waals surface area (Å²) < 4.78 is 0. The first-order valence-electron chi connectivity index (χ1n) is 9.09. The molecule has 0 saturated carbocycles. The van der Waals surface area contributed by atoms with Gasteiger partial charge < -0.3 is 9.80 Å². The number of nitrogens with zero attached hydrogens (tertiary/aromatic N) is 3. The zero-order valence-corrected chi connectivity index (χ0v) is 15.5. The molecule has 0 unspecified atom stereocenters. The molecule has 7 nitrogen and oxygen atoms in total. The van der Waals surface area contributed by atoms with Crippen molar-refractivity contribution in [2.24, 2.45) is 11.8 Å². The van der Waals surface area contributed by atoms with Gasteiger partial charge >= 0.3 is 0 Å². The molecule has 3 rings (SSSR count). The standard InChI is InChI=1S/C20H25N5O2/c1-24-11-9-15(10-12-24)20(27)25(18-5-3-2-4-6-18)14-17-8-7-16(13-22-17)19(26)23-21/h2-8,13,15H,9-12,14,21H2,1H3,(H,23,26). The molecule has 7 heteroatoms. The summed E-state index contributed by atoms with van der Waals surface area (Å²) in [5.41, 5.74) is 4.04. The van der Waals surface area contributed by atoms with E-state index in [0.29, 0.717) is 17.8 Å². The highest BCUT2D eigenvalue weighted by atomic mass is 16.2. The predicted octanol–water partition coefficient (Wildman–Crippen LogP) is 1.56. The summed E-state index contributed by atoms with van der Waals surface area (Å²) in [6, 6.07) is 13.1. The molecule has 0 bridgehead atoms. The lowest BCUT2D eigenvalue weighted by atomic mass is 9.95. The van der Waals surface area contributed by atoms with Gasteiger partial charge in [-0.1, -0.05) is 18.2 Å². The summed E-state index contributed by atoms with van der Waals surface area (Å²) in [4.78, 5) is 33.2. The Labute approximate surface area is 159 Å². The Morgan fingerprint density at radius 3 is 2.48 bits per heavy atom. The number of carbonyl (C=O) groups is 2. The fourth-order valence-corrected chi connectivity index (χ4v) is 3.28. The van der Waals surface area contributed by atoms with Crippen LogP contribution >= 0.6 is 0 Å². The number of para-hydroxylation sites is 1. The van der Waals surface area contributed by atoms with Gasteiger partial charge in [0.05, 0.1) is 17.8 Å². The lowest BCUT2D eigenvalue weighted by molar-refractivity contribution is -0.123. The number of nitrogen functional groups attached to an aromatic ring is 1. The number of hydrazine groups is 1. The van der Waals surface area contributed by atoms with Crippen molar-refractivity contribution in [1.82, 2.24) is 15.3 Å². The zero-order chi connectivity index (χ0) is 19.2. The summed E-state index contributed by atoms with van der Waals surface area (Å²) in [6.45, 7) is 2.22. The largest absolute Gasteiger partial charge is 0.306 e. The minimum Gasteiger partial charge on any atom is -0.306 e. The fourth-order valence-electron chi connectivity index (χ4n) is 3.28. The molecule has 1 fully saturated rings. The van der Waals surface area contributed by atoms with Crippen LogP contribution in [0.5, 0.6) is 0 Å². The number of anilines is 1. The van der Waals surface area contributed by atoms with Crippen LogP contribution in [0.15, 0.2) is 48.7 Å². The number of carbonyl (C=O) groups excluding carboxylic acids is 2. The second kappa shape index (κ2) is 8.75. The minimum absolute atomic E-state index is 0.0173. The molecule has 27 heavy (non-hydrogen) atoms. The van der Waals surface area contributed by atoms with Crippen molar-refractivity contribution >= 4 is 17.5 Å². The van der Waals surface area contributed by atoms with Gasteiger partial charge in [-0.25, -0.2) is 5.84 Å². The molecule has 1 aliphatic rings. The van der Waals surface area contributed by atoms with E-state index in [1.165, 1.54) is 6.20 Å². The van der Waals surface area contributed by atoms with Gasteiger partial charge in [0.25, 0.3) is 5.91 Å². The summed E-state index contributed by atoms with van der Waals surface area (Å²) in [5.74, 6) is 4.90. The van der Waals surface area contributed by atoms with Crippen molar-refractivity contribution in [2.45, 2.75) is 19.4 Å². The Bertz CT molecular complexity index is 771. The third kappa shape index (κ3) is 4.69. The molecule has 3 N–H and O–H groups in total. The molecule has 1 aromatic heterocycles. The molecule has 1 aromatic carbocycles. The minimum atomic E-state index is -0.392. The number of hydrogen-bond acceptors (Lipinski definition) is 5. The van der Waals surface area contributed by atoms with Crippen LogP contribution in [0.25, 0.3) is 0 Å². The Hall–Kier alpha value is -2.77. The maximum absolute atomic E-state index is 13.2. The average molecular weight is 367 g/mol. The van der Waals surface area contributed by atoms with Crippen molar-refractivity contribution in [2.75, 3.05) is 25.0 Å². The number of rotatable bonds is 5. The Morgan fingerprint density at radius 1 is 1.19 bits per heavy atom. The maximum atomic E-state index is 13.2. The van der Waals surface area contributed by atoms with Crippen LogP contribution in [0.1, 0.15) is 28.9 Å². The van der Waals surface area contributed by atoms with Crippen LogP contribution in [-0.4, -0.2) is 41.8 Å². The highest BCUT2D eigenvalue weighted by Gasteiger charge is 2.28. The normalized spacial score (nSPS) is 15.3.